The molecule has 2 amide bonds. The number of aldehydes is 2. The van der Waals surface area contributed by atoms with Gasteiger partial charge in [0.1, 0.15) is 11.2 Å². The maximum absolute atomic E-state index is 12.2. The minimum Gasteiger partial charge on any atom is -0.444 e. The second-order valence-electron chi connectivity index (χ2n) is 16.7. The first-order chi connectivity index (χ1) is 28.5. The van der Waals surface area contributed by atoms with Crippen LogP contribution in [0.1, 0.15) is 87.9 Å². The highest BCUT2D eigenvalue weighted by molar-refractivity contribution is 9.10. The molecule has 14 heteroatoms. The van der Waals surface area contributed by atoms with E-state index in [1.807, 2.05) is 108 Å². The van der Waals surface area contributed by atoms with Crippen molar-refractivity contribution in [1.82, 2.24) is 10.6 Å². The van der Waals surface area contributed by atoms with Crippen molar-refractivity contribution in [3.8, 4) is 11.1 Å². The Bertz CT molecular complexity index is 2010. The predicted molar refractivity (Wildman–Crippen MR) is 242 cm³/mol. The molecule has 0 aromatic heterocycles. The van der Waals surface area contributed by atoms with Gasteiger partial charge in [-0.3, -0.25) is 9.59 Å². The third-order valence-electron chi connectivity index (χ3n) is 9.44. The average Bonchev–Trinajstić information content (AvgIpc) is 3.20. The molecule has 0 bridgehead atoms. The highest BCUT2D eigenvalue weighted by Crippen LogP contribution is 2.35. The van der Waals surface area contributed by atoms with Gasteiger partial charge in [-0.05, 0) is 112 Å². The molecule has 0 radical (unpaired) electrons. The van der Waals surface area contributed by atoms with E-state index in [-0.39, 0.29) is 12.1 Å². The van der Waals surface area contributed by atoms with Crippen molar-refractivity contribution in [1.29, 1.82) is 0 Å². The van der Waals surface area contributed by atoms with Crippen molar-refractivity contribution in [3.63, 3.8) is 0 Å². The van der Waals surface area contributed by atoms with Crippen molar-refractivity contribution in [3.05, 3.63) is 113 Å². The lowest BCUT2D eigenvalue weighted by atomic mass is 9.81. The summed E-state index contributed by atoms with van der Waals surface area (Å²) < 4.78 is 11.6. The largest absolute Gasteiger partial charge is 0.488 e. The molecule has 2 atom stereocenters. The van der Waals surface area contributed by atoms with E-state index in [9.17, 15) is 19.2 Å². The van der Waals surface area contributed by atoms with Crippen LogP contribution in [0.4, 0.5) is 21.0 Å². The molecular weight excluding hydrogens is 827 g/mol. The number of carbonyl (C=O) groups excluding carboxylic acids is 4. The quantitative estimate of drug-likeness (QED) is 0.102. The summed E-state index contributed by atoms with van der Waals surface area (Å²) in [5.41, 5.74) is 4.73. The van der Waals surface area contributed by atoms with E-state index in [2.05, 4.69) is 36.4 Å². The Balaban J connectivity index is 0.000000222. The first kappa shape index (κ1) is 47.5. The molecule has 2 saturated heterocycles. The van der Waals surface area contributed by atoms with E-state index in [0.717, 1.165) is 78.3 Å². The Kier molecular flexibility index (Phi) is 17.8. The first-order valence-corrected chi connectivity index (χ1v) is 21.0. The van der Waals surface area contributed by atoms with E-state index in [1.54, 1.807) is 30.3 Å². The molecule has 60 heavy (non-hydrogen) atoms. The molecule has 4 aromatic rings. The topological polar surface area (TPSA) is 158 Å². The summed E-state index contributed by atoms with van der Waals surface area (Å²) in [7, 11) is -1.34. The van der Waals surface area contributed by atoms with Crippen molar-refractivity contribution in [2.75, 3.05) is 36.0 Å². The van der Waals surface area contributed by atoms with Gasteiger partial charge in [0, 0.05) is 59.4 Å². The molecule has 2 fully saturated rings. The first-order valence-electron chi connectivity index (χ1n) is 20.2. The zero-order valence-electron chi connectivity index (χ0n) is 35.4. The Morgan fingerprint density at radius 1 is 0.667 bits per heavy atom. The number of alkyl carbamates (subject to hydrolysis) is 2. The lowest BCUT2D eigenvalue weighted by molar-refractivity contribution is 0.0488. The van der Waals surface area contributed by atoms with Gasteiger partial charge in [-0.25, -0.2) is 9.59 Å². The van der Waals surface area contributed by atoms with Crippen LogP contribution in [0.2, 0.25) is 0 Å². The number of benzene rings is 4. The van der Waals surface area contributed by atoms with E-state index in [0.29, 0.717) is 29.7 Å². The van der Waals surface area contributed by atoms with Crippen LogP contribution in [0, 0.1) is 0 Å². The van der Waals surface area contributed by atoms with Gasteiger partial charge in [0.05, 0.1) is 11.4 Å². The van der Waals surface area contributed by atoms with Crippen LogP contribution in [0.3, 0.4) is 0 Å². The molecule has 2 aliphatic rings. The summed E-state index contributed by atoms with van der Waals surface area (Å²) in [6, 6.07) is 30.1. The summed E-state index contributed by atoms with van der Waals surface area (Å²) >= 11 is 3.52. The Labute approximate surface area is 362 Å². The van der Waals surface area contributed by atoms with E-state index in [4.69, 9.17) is 19.5 Å². The van der Waals surface area contributed by atoms with Gasteiger partial charge < -0.3 is 40.0 Å². The van der Waals surface area contributed by atoms with Crippen LogP contribution in [0.25, 0.3) is 11.1 Å². The molecule has 4 aromatic carbocycles. The number of hydrogen-bond acceptors (Lipinski definition) is 10. The molecule has 2 heterocycles. The summed E-state index contributed by atoms with van der Waals surface area (Å²) in [6.07, 6.45) is 4.65. The molecule has 6 rings (SSSR count). The predicted octanol–water partition coefficient (Wildman–Crippen LogP) is 7.78. The summed E-state index contributed by atoms with van der Waals surface area (Å²) in [6.45, 7) is 14.1. The minimum absolute atomic E-state index is 0.00482. The molecule has 4 N–H and O–H groups in total. The Hall–Kier alpha value is -5.18. The number of nitrogens with one attached hydrogen (secondary N) is 2. The summed E-state index contributed by atoms with van der Waals surface area (Å²) in [4.78, 5) is 51.5. The number of para-hydroxylation sites is 2. The van der Waals surface area contributed by atoms with Gasteiger partial charge in [-0.1, -0.05) is 78.9 Å². The van der Waals surface area contributed by atoms with Crippen molar-refractivity contribution in [2.45, 2.75) is 90.5 Å². The minimum atomic E-state index is -1.34. The molecule has 0 spiro atoms. The fraction of sp³-hybridized carbons (Fsp3) is 0.391. The highest BCUT2D eigenvalue weighted by Gasteiger charge is 2.28. The lowest BCUT2D eigenvalue weighted by Crippen LogP contribution is -2.49. The highest BCUT2D eigenvalue weighted by atomic mass is 79.9. The van der Waals surface area contributed by atoms with Crippen LogP contribution >= 0.6 is 15.9 Å². The number of amides is 2. The standard InChI is InChI=1S/C23H28N2O3.C17H23BrN2O3.C6H7BO2/c1-23(2,3)28-22(27)24-19-12-8-14-25(15-19)21-18(16-26)11-7-13-20(21)17-9-5-4-6-10-17;1-17(2,3)23-16(22)19-13-7-5-9-20(10-13)15-12(11-21)6-4-8-14(15)18;8-7(9)6-4-2-1-3-5-6/h4-7,9-11,13,16,19H,8,12,14-15H2,1-3H3,(H,24,27);4,6,8,11,13H,5,7,9-10H2,1-3H3,(H,19,22);1-5,8-9H/t19-;13-;/m11./s1. The number of nitrogens with zero attached hydrogens (tertiary/aromatic N) is 2. The zero-order valence-corrected chi connectivity index (χ0v) is 37.0. The molecule has 0 aliphatic carbocycles. The number of hydrogen-bond donors (Lipinski definition) is 4. The number of anilines is 2. The lowest BCUT2D eigenvalue weighted by Gasteiger charge is -2.36. The number of rotatable bonds is 8. The third kappa shape index (κ3) is 15.1. The fourth-order valence-electron chi connectivity index (χ4n) is 6.99. The Morgan fingerprint density at radius 2 is 1.12 bits per heavy atom. The fourth-order valence-corrected chi connectivity index (χ4v) is 7.62. The molecule has 12 nitrogen and oxygen atoms in total. The normalized spacial score (nSPS) is 16.4. The van der Waals surface area contributed by atoms with E-state index >= 15 is 0 Å². The van der Waals surface area contributed by atoms with Gasteiger partial charge in [0.15, 0.2) is 12.6 Å². The maximum Gasteiger partial charge on any atom is 0.488 e. The van der Waals surface area contributed by atoms with Crippen LogP contribution in [-0.2, 0) is 9.47 Å². The summed E-state index contributed by atoms with van der Waals surface area (Å²) in [5.74, 6) is 0. The van der Waals surface area contributed by atoms with Gasteiger partial charge >= 0.3 is 19.3 Å². The maximum atomic E-state index is 12.2. The van der Waals surface area contributed by atoms with Crippen molar-refractivity contribution in [2.24, 2.45) is 0 Å². The van der Waals surface area contributed by atoms with Gasteiger partial charge in [0.25, 0.3) is 0 Å². The number of carbonyl (C=O) groups is 4. The molecule has 320 valence electrons. The zero-order chi connectivity index (χ0) is 43.9. The van der Waals surface area contributed by atoms with Gasteiger partial charge in [-0.2, -0.15) is 0 Å². The average molecular weight is 886 g/mol. The monoisotopic (exact) mass is 884 g/mol. The van der Waals surface area contributed by atoms with Crippen LogP contribution in [0.15, 0.2) is 102 Å². The SMILES string of the molecule is CC(C)(C)OC(=O)N[C@@H]1CCCN(c2c(Br)cccc2C=O)C1.CC(C)(C)OC(=O)N[C@@H]1CCCN(c2c(C=O)cccc2-c2ccccc2)C1.OB(O)c1ccccc1. The third-order valence-corrected chi connectivity index (χ3v) is 10.1. The molecule has 2 aliphatic heterocycles. The van der Waals surface area contributed by atoms with Crippen LogP contribution < -0.4 is 25.9 Å². The van der Waals surface area contributed by atoms with Crippen LogP contribution in [-0.4, -0.2) is 91.4 Å². The number of piperidine rings is 2. The Morgan fingerprint density at radius 3 is 1.57 bits per heavy atom. The van der Waals surface area contributed by atoms with Gasteiger partial charge in [0.2, 0.25) is 0 Å². The molecule has 0 unspecified atom stereocenters. The second kappa shape index (κ2) is 22.4. The second-order valence-corrected chi connectivity index (χ2v) is 17.5. The van der Waals surface area contributed by atoms with Crippen molar-refractivity contribution >= 4 is 64.6 Å². The van der Waals surface area contributed by atoms with E-state index in [1.165, 1.54) is 0 Å². The summed E-state index contributed by atoms with van der Waals surface area (Å²) in [5, 5.41) is 23.1. The van der Waals surface area contributed by atoms with Crippen LogP contribution in [0.5, 0.6) is 0 Å². The van der Waals surface area contributed by atoms with E-state index < -0.39 is 30.5 Å². The van der Waals surface area contributed by atoms with Gasteiger partial charge in [-0.15, -0.1) is 0 Å². The molecule has 0 saturated carbocycles. The number of halogens is 1. The molecular formula is C46H58BBrN4O8. The smallest absolute Gasteiger partial charge is 0.444 e. The van der Waals surface area contributed by atoms with Crippen molar-refractivity contribution < 1.29 is 38.7 Å². The number of ether oxygens (including phenoxy) is 2.